The van der Waals surface area contributed by atoms with E-state index in [2.05, 4.69) is 22.1 Å². The molecule has 0 aromatic carbocycles. The second-order valence-corrected chi connectivity index (χ2v) is 9.37. The maximum atomic E-state index is 5.26. The Morgan fingerprint density at radius 2 is 1.28 bits per heavy atom. The number of aromatic nitrogens is 2. The van der Waals surface area contributed by atoms with Crippen LogP contribution in [0.5, 0.6) is 11.8 Å². The van der Waals surface area contributed by atoms with E-state index in [0.717, 1.165) is 11.8 Å². The zero-order valence-electron chi connectivity index (χ0n) is 9.99. The van der Waals surface area contributed by atoms with Gasteiger partial charge in [0.2, 0.25) is 0 Å². The average molecular weight is 374 g/mol. The quantitative estimate of drug-likeness (QED) is 0.679. The van der Waals surface area contributed by atoms with Gasteiger partial charge in [0.15, 0.2) is 0 Å². The van der Waals surface area contributed by atoms with Gasteiger partial charge in [-0.15, -0.1) is 0 Å². The fourth-order valence-corrected chi connectivity index (χ4v) is 7.81. The van der Waals surface area contributed by atoms with Gasteiger partial charge in [-0.1, -0.05) is 0 Å². The van der Waals surface area contributed by atoms with Gasteiger partial charge in [-0.25, -0.2) is 0 Å². The molecule has 0 atom stereocenters. The molecule has 4 nitrogen and oxygen atoms in total. The van der Waals surface area contributed by atoms with Crippen LogP contribution in [-0.4, -0.2) is 50.5 Å². The molecule has 0 amide bonds. The van der Waals surface area contributed by atoms with Gasteiger partial charge in [-0.05, 0) is 0 Å². The van der Waals surface area contributed by atoms with Gasteiger partial charge >= 0.3 is 117 Å². The standard InChI is InChI=1S/C12H12N2O2Se2/c1-15-11-9(5-3-7-13-11)17-18-10-6-4-8-14-12(10)16-2/h3-8H,1-2H3. The molecular formula is C12H12N2O2Se2. The molecule has 0 unspecified atom stereocenters. The summed E-state index contributed by atoms with van der Waals surface area (Å²) < 4.78 is 12.9. The zero-order valence-corrected chi connectivity index (χ0v) is 13.4. The van der Waals surface area contributed by atoms with E-state index in [0.29, 0.717) is 26.3 Å². The molecule has 0 fully saturated rings. The Bertz CT molecular complexity index is 475. The summed E-state index contributed by atoms with van der Waals surface area (Å²) in [7, 11) is 3.30. The van der Waals surface area contributed by atoms with Crippen molar-refractivity contribution in [3.63, 3.8) is 0 Å². The van der Waals surface area contributed by atoms with E-state index in [4.69, 9.17) is 9.47 Å². The Morgan fingerprint density at radius 3 is 1.67 bits per heavy atom. The van der Waals surface area contributed by atoms with E-state index in [-0.39, 0.29) is 0 Å². The van der Waals surface area contributed by atoms with E-state index < -0.39 is 0 Å². The van der Waals surface area contributed by atoms with Gasteiger partial charge in [0, 0.05) is 0 Å². The van der Waals surface area contributed by atoms with Crippen LogP contribution in [0.4, 0.5) is 0 Å². The summed E-state index contributed by atoms with van der Waals surface area (Å²) in [6.45, 7) is 0. The first kappa shape index (κ1) is 13.4. The fraction of sp³-hybridized carbons (Fsp3) is 0.167. The summed E-state index contributed by atoms with van der Waals surface area (Å²) >= 11 is 0.617. The van der Waals surface area contributed by atoms with Gasteiger partial charge < -0.3 is 0 Å². The molecule has 2 aromatic heterocycles. The fourth-order valence-electron chi connectivity index (χ4n) is 1.28. The summed E-state index contributed by atoms with van der Waals surface area (Å²) in [6, 6.07) is 8.01. The van der Waals surface area contributed by atoms with Crippen LogP contribution in [0.2, 0.25) is 0 Å². The predicted molar refractivity (Wildman–Crippen MR) is 72.4 cm³/mol. The van der Waals surface area contributed by atoms with Crippen LogP contribution in [-0.2, 0) is 0 Å². The van der Waals surface area contributed by atoms with Crippen LogP contribution >= 0.6 is 0 Å². The van der Waals surface area contributed by atoms with Crippen LogP contribution < -0.4 is 18.4 Å². The minimum atomic E-state index is 0.308. The third-order valence-electron chi connectivity index (χ3n) is 2.08. The molecule has 0 aliphatic carbocycles. The zero-order chi connectivity index (χ0) is 12.8. The normalized spacial score (nSPS) is 10.1. The molecule has 94 valence electrons. The summed E-state index contributed by atoms with van der Waals surface area (Å²) in [6.07, 6.45) is 3.49. The number of hydrogen-bond acceptors (Lipinski definition) is 4. The number of nitrogens with zero attached hydrogens (tertiary/aromatic N) is 2. The number of ether oxygens (including phenoxy) is 2. The molecule has 0 saturated heterocycles. The third-order valence-corrected chi connectivity index (χ3v) is 9.14. The summed E-state index contributed by atoms with van der Waals surface area (Å²) in [5, 5.41) is 0. The molecule has 0 aliphatic rings. The molecule has 18 heavy (non-hydrogen) atoms. The van der Waals surface area contributed by atoms with Gasteiger partial charge in [-0.3, -0.25) is 0 Å². The van der Waals surface area contributed by atoms with Crippen molar-refractivity contribution in [2.24, 2.45) is 0 Å². The Balaban J connectivity index is 2.11. The monoisotopic (exact) mass is 376 g/mol. The number of rotatable bonds is 5. The molecule has 0 radical (unpaired) electrons. The predicted octanol–water partition coefficient (Wildman–Crippen LogP) is -0.232. The van der Waals surface area contributed by atoms with Crippen molar-refractivity contribution in [2.45, 2.75) is 0 Å². The number of hydrogen-bond donors (Lipinski definition) is 0. The van der Waals surface area contributed by atoms with Crippen molar-refractivity contribution in [3.8, 4) is 11.8 Å². The molecule has 0 saturated carbocycles. The van der Waals surface area contributed by atoms with Crippen LogP contribution in [0.15, 0.2) is 36.7 Å². The van der Waals surface area contributed by atoms with Crippen LogP contribution in [0.25, 0.3) is 0 Å². The van der Waals surface area contributed by atoms with E-state index >= 15 is 0 Å². The second kappa shape index (κ2) is 6.76. The van der Waals surface area contributed by atoms with Crippen LogP contribution in [0.1, 0.15) is 0 Å². The van der Waals surface area contributed by atoms with Crippen LogP contribution in [0.3, 0.4) is 0 Å². The molecule has 0 aliphatic heterocycles. The van der Waals surface area contributed by atoms with Crippen molar-refractivity contribution < 1.29 is 9.47 Å². The minimum absolute atomic E-state index is 0.308. The molecule has 2 rings (SSSR count). The Labute approximate surface area is 117 Å². The van der Waals surface area contributed by atoms with Crippen molar-refractivity contribution in [1.82, 2.24) is 9.97 Å². The first-order valence-corrected chi connectivity index (χ1v) is 11.2. The molecule has 2 aromatic rings. The van der Waals surface area contributed by atoms with E-state index in [1.165, 1.54) is 8.92 Å². The van der Waals surface area contributed by atoms with E-state index in [1.54, 1.807) is 26.6 Å². The molecule has 0 spiro atoms. The van der Waals surface area contributed by atoms with Gasteiger partial charge in [-0.2, -0.15) is 0 Å². The molecule has 0 bridgehead atoms. The summed E-state index contributed by atoms with van der Waals surface area (Å²) in [5.74, 6) is 1.45. The Hall–Kier alpha value is -1.06. The first-order valence-electron chi connectivity index (χ1n) is 5.17. The molecule has 0 N–H and O–H groups in total. The first-order chi connectivity index (χ1) is 8.85. The van der Waals surface area contributed by atoms with E-state index in [9.17, 15) is 0 Å². The van der Waals surface area contributed by atoms with Crippen molar-refractivity contribution in [3.05, 3.63) is 36.7 Å². The summed E-state index contributed by atoms with van der Waals surface area (Å²) in [4.78, 5) is 8.42. The van der Waals surface area contributed by atoms with Crippen LogP contribution in [0, 0.1) is 0 Å². The number of pyridine rings is 2. The van der Waals surface area contributed by atoms with Gasteiger partial charge in [0.25, 0.3) is 0 Å². The van der Waals surface area contributed by atoms with Crippen molar-refractivity contribution in [1.29, 1.82) is 0 Å². The molecule has 2 heterocycles. The second-order valence-electron chi connectivity index (χ2n) is 3.19. The molecular weight excluding hydrogens is 362 g/mol. The van der Waals surface area contributed by atoms with Gasteiger partial charge in [0.1, 0.15) is 0 Å². The summed E-state index contributed by atoms with van der Waals surface area (Å²) in [5.41, 5.74) is 0. The van der Waals surface area contributed by atoms with Crippen molar-refractivity contribution >= 4 is 35.2 Å². The third kappa shape index (κ3) is 3.24. The SMILES string of the molecule is COc1ncccc1[Se][Se]c1cccnc1OC. The molecule has 6 heteroatoms. The number of methoxy groups -OCH3 is 2. The topological polar surface area (TPSA) is 44.2 Å². The van der Waals surface area contributed by atoms with Crippen molar-refractivity contribution in [2.75, 3.05) is 14.2 Å². The van der Waals surface area contributed by atoms with E-state index in [1.807, 2.05) is 12.1 Å². The average Bonchev–Trinajstić information content (AvgIpc) is 2.45. The maximum absolute atomic E-state index is 5.26. The Morgan fingerprint density at radius 1 is 0.833 bits per heavy atom. The Kier molecular flexibility index (Phi) is 5.02. The van der Waals surface area contributed by atoms with Gasteiger partial charge in [0.05, 0.1) is 0 Å².